The summed E-state index contributed by atoms with van der Waals surface area (Å²) in [6, 6.07) is 14.3. The minimum absolute atomic E-state index is 0.0214. The lowest BCUT2D eigenvalue weighted by Crippen LogP contribution is -2.35. The lowest BCUT2D eigenvalue weighted by atomic mass is 10.1. The molecule has 0 saturated heterocycles. The summed E-state index contributed by atoms with van der Waals surface area (Å²) >= 11 is 3.33. The average molecular weight is 421 g/mol. The van der Waals surface area contributed by atoms with Crippen LogP contribution in [0.15, 0.2) is 52.6 Å². The van der Waals surface area contributed by atoms with E-state index in [1.54, 1.807) is 22.7 Å². The molecule has 7 heteroatoms. The Bertz CT molecular complexity index is 1200. The van der Waals surface area contributed by atoms with Crippen LogP contribution in [0.2, 0.25) is 0 Å². The molecule has 0 bridgehead atoms. The van der Waals surface area contributed by atoms with Gasteiger partial charge < -0.3 is 4.98 Å². The fraction of sp³-hybridized carbons (Fsp3) is 0.227. The second-order valence-electron chi connectivity index (χ2n) is 7.15. The summed E-state index contributed by atoms with van der Waals surface area (Å²) in [5, 5.41) is 3.06. The maximum atomic E-state index is 12.7. The van der Waals surface area contributed by atoms with Crippen LogP contribution in [0.5, 0.6) is 0 Å². The number of benzene rings is 1. The predicted octanol–water partition coefficient (Wildman–Crippen LogP) is 4.49. The Kier molecular flexibility index (Phi) is 4.87. The maximum Gasteiger partial charge on any atom is 0.255 e. The highest BCUT2D eigenvalue weighted by atomic mass is 32.1. The molecular formula is C22H20N4OS2. The number of thiophene rings is 1. The minimum atomic E-state index is -0.0214. The van der Waals surface area contributed by atoms with Crippen LogP contribution >= 0.6 is 22.7 Å². The second-order valence-corrected chi connectivity index (χ2v) is 9.38. The van der Waals surface area contributed by atoms with E-state index in [4.69, 9.17) is 9.97 Å². The number of fused-ring (bicyclic) bond motifs is 1. The molecule has 4 heterocycles. The number of nitrogens with zero attached hydrogens (tertiary/aromatic N) is 3. The number of thiazole rings is 1. The number of rotatable bonds is 4. The van der Waals surface area contributed by atoms with Crippen molar-refractivity contribution >= 4 is 22.7 Å². The van der Waals surface area contributed by atoms with Gasteiger partial charge in [-0.2, -0.15) is 0 Å². The van der Waals surface area contributed by atoms with Gasteiger partial charge in [-0.15, -0.1) is 22.7 Å². The zero-order chi connectivity index (χ0) is 19.8. The Morgan fingerprint density at radius 1 is 1.14 bits per heavy atom. The highest BCUT2D eigenvalue weighted by Gasteiger charge is 2.23. The summed E-state index contributed by atoms with van der Waals surface area (Å²) in [7, 11) is 0. The molecule has 1 aromatic carbocycles. The number of nitrogens with one attached hydrogen (secondary N) is 1. The topological polar surface area (TPSA) is 61.9 Å². The third-order valence-electron chi connectivity index (χ3n) is 5.12. The van der Waals surface area contributed by atoms with Crippen molar-refractivity contribution in [3.63, 3.8) is 0 Å². The van der Waals surface area contributed by atoms with Crippen LogP contribution in [0, 0.1) is 6.92 Å². The molecule has 29 heavy (non-hydrogen) atoms. The highest BCUT2D eigenvalue weighted by molar-refractivity contribution is 7.13. The van der Waals surface area contributed by atoms with Crippen molar-refractivity contribution in [3.05, 3.63) is 79.3 Å². The maximum absolute atomic E-state index is 12.7. The van der Waals surface area contributed by atoms with Gasteiger partial charge in [0.1, 0.15) is 0 Å². The van der Waals surface area contributed by atoms with Gasteiger partial charge in [-0.25, -0.2) is 9.97 Å². The van der Waals surface area contributed by atoms with Gasteiger partial charge in [0, 0.05) is 36.5 Å². The zero-order valence-electron chi connectivity index (χ0n) is 16.0. The molecule has 0 amide bonds. The van der Waals surface area contributed by atoms with Gasteiger partial charge in [-0.1, -0.05) is 36.4 Å². The molecular weight excluding hydrogens is 400 g/mol. The monoisotopic (exact) mass is 420 g/mol. The Hall–Kier alpha value is -2.61. The number of aromatic nitrogens is 3. The lowest BCUT2D eigenvalue weighted by Gasteiger charge is -2.27. The molecule has 5 rings (SSSR count). The molecule has 1 aliphatic rings. The van der Waals surface area contributed by atoms with Gasteiger partial charge in [0.25, 0.3) is 5.56 Å². The van der Waals surface area contributed by atoms with Gasteiger partial charge in [-0.3, -0.25) is 9.69 Å². The van der Waals surface area contributed by atoms with Gasteiger partial charge in [-0.05, 0) is 18.4 Å². The van der Waals surface area contributed by atoms with E-state index in [9.17, 15) is 4.79 Å². The highest BCUT2D eigenvalue weighted by Crippen LogP contribution is 2.30. The normalized spacial score (nSPS) is 14.1. The van der Waals surface area contributed by atoms with Crippen LogP contribution in [0.4, 0.5) is 0 Å². The van der Waals surface area contributed by atoms with Gasteiger partial charge in [0.05, 0.1) is 26.8 Å². The van der Waals surface area contributed by atoms with E-state index in [2.05, 4.69) is 22.0 Å². The van der Waals surface area contributed by atoms with Gasteiger partial charge >= 0.3 is 0 Å². The molecule has 0 fully saturated rings. The summed E-state index contributed by atoms with van der Waals surface area (Å²) in [4.78, 5) is 29.8. The van der Waals surface area contributed by atoms with Crippen LogP contribution in [0.1, 0.15) is 21.1 Å². The summed E-state index contributed by atoms with van der Waals surface area (Å²) in [6.07, 6.45) is 0.788. The smallest absolute Gasteiger partial charge is 0.255 e. The first-order valence-corrected chi connectivity index (χ1v) is 11.3. The number of hydrogen-bond donors (Lipinski definition) is 1. The Labute approximate surface area is 176 Å². The van der Waals surface area contributed by atoms with Crippen molar-refractivity contribution in [2.75, 3.05) is 6.54 Å². The standard InChI is InChI=1S/C22H20N4OS2/c1-14-23-20(15-6-3-2-4-7-15)19(29-14)13-26-10-9-17-16(12-26)22(27)25-21(24-17)18-8-5-11-28-18/h2-8,11H,9-10,12-13H2,1H3,(H,24,25,27). The van der Waals surface area contributed by atoms with Crippen molar-refractivity contribution < 1.29 is 0 Å². The van der Waals surface area contributed by atoms with Crippen molar-refractivity contribution in [3.8, 4) is 22.0 Å². The van der Waals surface area contributed by atoms with E-state index < -0.39 is 0 Å². The summed E-state index contributed by atoms with van der Waals surface area (Å²) in [5.74, 6) is 0.682. The summed E-state index contributed by atoms with van der Waals surface area (Å²) in [5.41, 5.74) is 3.89. The Balaban J connectivity index is 1.41. The minimum Gasteiger partial charge on any atom is -0.306 e. The molecule has 0 unspecified atom stereocenters. The van der Waals surface area contributed by atoms with Crippen LogP contribution in [0.3, 0.4) is 0 Å². The van der Waals surface area contributed by atoms with E-state index >= 15 is 0 Å². The quantitative estimate of drug-likeness (QED) is 0.528. The molecule has 146 valence electrons. The molecule has 0 aliphatic carbocycles. The Morgan fingerprint density at radius 2 is 2.00 bits per heavy atom. The van der Waals surface area contributed by atoms with E-state index in [0.717, 1.165) is 51.9 Å². The molecule has 5 nitrogen and oxygen atoms in total. The van der Waals surface area contributed by atoms with Crippen molar-refractivity contribution in [2.24, 2.45) is 0 Å². The van der Waals surface area contributed by atoms with Crippen LogP contribution in [-0.4, -0.2) is 26.4 Å². The number of H-pyrrole nitrogens is 1. The fourth-order valence-electron chi connectivity index (χ4n) is 3.75. The largest absolute Gasteiger partial charge is 0.306 e. The molecule has 1 N–H and O–H groups in total. The predicted molar refractivity (Wildman–Crippen MR) is 118 cm³/mol. The molecule has 0 spiro atoms. The van der Waals surface area contributed by atoms with Crippen LogP contribution in [0.25, 0.3) is 22.0 Å². The SMILES string of the molecule is Cc1nc(-c2ccccc2)c(CN2CCc3nc(-c4cccs4)[nH]c(=O)c3C2)s1. The average Bonchev–Trinajstić information content (AvgIpc) is 3.39. The van der Waals surface area contributed by atoms with E-state index in [1.807, 2.05) is 42.6 Å². The number of aromatic amines is 1. The van der Waals surface area contributed by atoms with E-state index in [1.165, 1.54) is 4.88 Å². The third kappa shape index (κ3) is 3.69. The fourth-order valence-corrected chi connectivity index (χ4v) is 5.42. The van der Waals surface area contributed by atoms with Gasteiger partial charge in [0.15, 0.2) is 5.82 Å². The molecule has 3 aromatic heterocycles. The Morgan fingerprint density at radius 3 is 2.79 bits per heavy atom. The first-order chi connectivity index (χ1) is 14.2. The molecule has 1 aliphatic heterocycles. The first kappa shape index (κ1) is 18.4. The van der Waals surface area contributed by atoms with Crippen molar-refractivity contribution in [1.29, 1.82) is 0 Å². The first-order valence-electron chi connectivity index (χ1n) is 9.57. The second kappa shape index (κ2) is 7.67. The van der Waals surface area contributed by atoms with Gasteiger partial charge in [0.2, 0.25) is 0 Å². The zero-order valence-corrected chi connectivity index (χ0v) is 17.6. The van der Waals surface area contributed by atoms with Crippen LogP contribution < -0.4 is 5.56 Å². The number of aryl methyl sites for hydroxylation is 1. The van der Waals surface area contributed by atoms with E-state index in [0.29, 0.717) is 12.4 Å². The molecule has 4 aromatic rings. The lowest BCUT2D eigenvalue weighted by molar-refractivity contribution is 0.244. The third-order valence-corrected chi connectivity index (χ3v) is 6.95. The van der Waals surface area contributed by atoms with Crippen molar-refractivity contribution in [2.45, 2.75) is 26.4 Å². The molecule has 0 atom stereocenters. The van der Waals surface area contributed by atoms with Crippen molar-refractivity contribution in [1.82, 2.24) is 19.9 Å². The molecule has 0 radical (unpaired) electrons. The molecule has 0 saturated carbocycles. The number of hydrogen-bond acceptors (Lipinski definition) is 6. The van der Waals surface area contributed by atoms with E-state index in [-0.39, 0.29) is 5.56 Å². The summed E-state index contributed by atoms with van der Waals surface area (Å²) in [6.45, 7) is 4.35. The van der Waals surface area contributed by atoms with Crippen LogP contribution in [-0.2, 0) is 19.5 Å². The summed E-state index contributed by atoms with van der Waals surface area (Å²) < 4.78 is 0.